The van der Waals surface area contributed by atoms with Gasteiger partial charge < -0.3 is 5.11 Å². The zero-order chi connectivity index (χ0) is 10.2. The highest BCUT2D eigenvalue weighted by Gasteiger charge is 2.16. The van der Waals surface area contributed by atoms with Gasteiger partial charge in [-0.2, -0.15) is 8.42 Å². The lowest BCUT2D eigenvalue weighted by Gasteiger charge is -2.05. The summed E-state index contributed by atoms with van der Waals surface area (Å²) in [5.41, 5.74) is 0.498. The van der Waals surface area contributed by atoms with Gasteiger partial charge in [-0.05, 0) is 18.6 Å². The number of thiol groups is 1. The number of hydrogen-bond donors (Lipinski definition) is 3. The van der Waals surface area contributed by atoms with E-state index >= 15 is 0 Å². The number of aromatic hydroxyl groups is 1. The number of benzene rings is 1. The summed E-state index contributed by atoms with van der Waals surface area (Å²) in [6, 6.07) is 2.57. The second kappa shape index (κ2) is 3.21. The number of phenolic OH excluding ortho intramolecular Hbond substituents is 1. The van der Waals surface area contributed by atoms with Crippen molar-refractivity contribution in [1.82, 2.24) is 0 Å². The van der Waals surface area contributed by atoms with Crippen LogP contribution in [0.3, 0.4) is 0 Å². The van der Waals surface area contributed by atoms with Gasteiger partial charge in [0.05, 0.1) is 4.90 Å². The maximum absolute atomic E-state index is 10.7. The second-order valence-corrected chi connectivity index (χ2v) is 4.39. The zero-order valence-electron chi connectivity index (χ0n) is 6.72. The Hall–Kier alpha value is -0.720. The number of rotatable bonds is 1. The van der Waals surface area contributed by atoms with E-state index in [0.717, 1.165) is 0 Å². The van der Waals surface area contributed by atoms with Gasteiger partial charge in [0.1, 0.15) is 10.6 Å². The molecule has 0 aliphatic rings. The molecule has 4 nitrogen and oxygen atoms in total. The van der Waals surface area contributed by atoms with Crippen LogP contribution >= 0.6 is 12.6 Å². The molecule has 1 aromatic carbocycles. The highest BCUT2D eigenvalue weighted by molar-refractivity contribution is 7.87. The molecule has 0 fully saturated rings. The third-order valence-electron chi connectivity index (χ3n) is 1.59. The molecule has 72 valence electrons. The van der Waals surface area contributed by atoms with Crippen LogP contribution in [0, 0.1) is 6.92 Å². The molecular formula is C7H8O4S2. The standard InChI is InChI=1S/C7H8O4S2/c1-4-2-3-5(13(9,10)11)7(12)6(4)8/h2-3,8,12H,1H3,(H,9,10,11). The highest BCUT2D eigenvalue weighted by atomic mass is 32.2. The smallest absolute Gasteiger partial charge is 0.295 e. The van der Waals surface area contributed by atoms with Gasteiger partial charge in [0.2, 0.25) is 0 Å². The molecule has 1 aromatic rings. The van der Waals surface area contributed by atoms with Gasteiger partial charge >= 0.3 is 0 Å². The molecule has 0 aliphatic heterocycles. The maximum atomic E-state index is 10.7. The van der Waals surface area contributed by atoms with E-state index in [9.17, 15) is 13.5 Å². The summed E-state index contributed by atoms with van der Waals surface area (Å²) < 4.78 is 30.1. The normalized spacial score (nSPS) is 11.6. The molecular weight excluding hydrogens is 212 g/mol. The number of phenols is 1. The van der Waals surface area contributed by atoms with Crippen molar-refractivity contribution >= 4 is 22.7 Å². The largest absolute Gasteiger partial charge is 0.506 e. The average molecular weight is 220 g/mol. The molecule has 0 atom stereocenters. The predicted octanol–water partition coefficient (Wildman–Crippen LogP) is 1.24. The Morgan fingerprint density at radius 1 is 1.38 bits per heavy atom. The van der Waals surface area contributed by atoms with Crippen molar-refractivity contribution in [2.24, 2.45) is 0 Å². The molecule has 0 bridgehead atoms. The van der Waals surface area contributed by atoms with Crippen LogP contribution in [-0.2, 0) is 10.1 Å². The van der Waals surface area contributed by atoms with Gasteiger partial charge in [-0.1, -0.05) is 6.07 Å². The summed E-state index contributed by atoms with van der Waals surface area (Å²) >= 11 is 3.79. The first-order chi connectivity index (χ1) is 5.84. The molecule has 0 heterocycles. The van der Waals surface area contributed by atoms with Crippen molar-refractivity contribution in [3.63, 3.8) is 0 Å². The fraction of sp³-hybridized carbons (Fsp3) is 0.143. The van der Waals surface area contributed by atoms with Crippen LogP contribution in [0.15, 0.2) is 21.9 Å². The monoisotopic (exact) mass is 220 g/mol. The summed E-state index contributed by atoms with van der Waals surface area (Å²) in [7, 11) is -4.31. The molecule has 0 saturated heterocycles. The minimum atomic E-state index is -4.31. The van der Waals surface area contributed by atoms with Gasteiger partial charge in [-0.3, -0.25) is 4.55 Å². The van der Waals surface area contributed by atoms with Crippen LogP contribution in [0.4, 0.5) is 0 Å². The van der Waals surface area contributed by atoms with Crippen molar-refractivity contribution in [3.8, 4) is 5.75 Å². The summed E-state index contributed by atoms with van der Waals surface area (Å²) in [6.07, 6.45) is 0. The van der Waals surface area contributed by atoms with Crippen LogP contribution in [0.2, 0.25) is 0 Å². The SMILES string of the molecule is Cc1ccc(S(=O)(=O)O)c(S)c1O. The molecule has 0 aromatic heterocycles. The Balaban J connectivity index is 3.53. The van der Waals surface area contributed by atoms with E-state index in [2.05, 4.69) is 12.6 Å². The lowest BCUT2D eigenvalue weighted by molar-refractivity contribution is 0.447. The minimum Gasteiger partial charge on any atom is -0.506 e. The molecule has 0 radical (unpaired) electrons. The van der Waals surface area contributed by atoms with E-state index < -0.39 is 10.1 Å². The highest BCUT2D eigenvalue weighted by Crippen LogP contribution is 2.31. The summed E-state index contributed by atoms with van der Waals surface area (Å²) in [5, 5.41) is 9.30. The second-order valence-electron chi connectivity index (χ2n) is 2.55. The van der Waals surface area contributed by atoms with Crippen molar-refractivity contribution in [2.45, 2.75) is 16.7 Å². The molecule has 1 rings (SSSR count). The lowest BCUT2D eigenvalue weighted by atomic mass is 10.2. The summed E-state index contributed by atoms with van der Waals surface area (Å²) in [6.45, 7) is 1.60. The van der Waals surface area contributed by atoms with Crippen LogP contribution in [0.25, 0.3) is 0 Å². The Morgan fingerprint density at radius 2 is 1.92 bits per heavy atom. The summed E-state index contributed by atoms with van der Waals surface area (Å²) in [4.78, 5) is -0.526. The Bertz CT molecular complexity index is 436. The molecule has 2 N–H and O–H groups in total. The van der Waals surface area contributed by atoms with Crippen LogP contribution in [0.5, 0.6) is 5.75 Å². The summed E-state index contributed by atoms with van der Waals surface area (Å²) in [5.74, 6) is -0.238. The van der Waals surface area contributed by atoms with Crippen molar-refractivity contribution in [3.05, 3.63) is 17.7 Å². The van der Waals surface area contributed by atoms with Crippen LogP contribution in [0.1, 0.15) is 5.56 Å². The average Bonchev–Trinajstić information content (AvgIpc) is 1.98. The van der Waals surface area contributed by atoms with Crippen LogP contribution < -0.4 is 0 Å². The molecule has 0 unspecified atom stereocenters. The quantitative estimate of drug-likeness (QED) is 0.491. The first kappa shape index (κ1) is 10.4. The van der Waals surface area contributed by atoms with Gasteiger partial charge in [0.15, 0.2) is 0 Å². The molecule has 0 aliphatic carbocycles. The van der Waals surface area contributed by atoms with Crippen molar-refractivity contribution in [1.29, 1.82) is 0 Å². The van der Waals surface area contributed by atoms with E-state index in [-0.39, 0.29) is 15.5 Å². The van der Waals surface area contributed by atoms with E-state index in [1.807, 2.05) is 0 Å². The predicted molar refractivity (Wildman–Crippen MR) is 49.9 cm³/mol. The molecule has 6 heteroatoms. The maximum Gasteiger partial charge on any atom is 0.295 e. The molecule has 0 saturated carbocycles. The van der Waals surface area contributed by atoms with Gasteiger partial charge in [0.25, 0.3) is 10.1 Å². The molecule has 0 amide bonds. The van der Waals surface area contributed by atoms with Crippen LogP contribution in [-0.4, -0.2) is 18.1 Å². The Kier molecular flexibility index (Phi) is 2.56. The fourth-order valence-corrected chi connectivity index (χ4v) is 2.05. The van der Waals surface area contributed by atoms with E-state index in [4.69, 9.17) is 4.55 Å². The van der Waals surface area contributed by atoms with E-state index in [1.54, 1.807) is 6.92 Å². The minimum absolute atomic E-state index is 0.137. The molecule has 13 heavy (non-hydrogen) atoms. The van der Waals surface area contributed by atoms with Gasteiger partial charge in [-0.25, -0.2) is 0 Å². The van der Waals surface area contributed by atoms with E-state index in [0.29, 0.717) is 5.56 Å². The third-order valence-corrected chi connectivity index (χ3v) is 3.09. The third kappa shape index (κ3) is 1.96. The lowest BCUT2D eigenvalue weighted by Crippen LogP contribution is -1.99. The Morgan fingerprint density at radius 3 is 2.38 bits per heavy atom. The fourth-order valence-electron chi connectivity index (χ4n) is 0.870. The topological polar surface area (TPSA) is 74.6 Å². The zero-order valence-corrected chi connectivity index (χ0v) is 8.43. The number of hydrogen-bond acceptors (Lipinski definition) is 4. The van der Waals surface area contributed by atoms with Gasteiger partial charge in [0, 0.05) is 0 Å². The number of aryl methyl sites for hydroxylation is 1. The van der Waals surface area contributed by atoms with Gasteiger partial charge in [-0.15, -0.1) is 12.6 Å². The first-order valence-electron chi connectivity index (χ1n) is 3.33. The van der Waals surface area contributed by atoms with Crippen molar-refractivity contribution in [2.75, 3.05) is 0 Å². The van der Waals surface area contributed by atoms with E-state index in [1.165, 1.54) is 12.1 Å². The Labute approximate surface area is 81.4 Å². The molecule has 0 spiro atoms. The van der Waals surface area contributed by atoms with Crippen molar-refractivity contribution < 1.29 is 18.1 Å². The first-order valence-corrected chi connectivity index (χ1v) is 5.22.